The molecule has 0 aliphatic heterocycles. The number of aromatic nitrogens is 3. The molecule has 3 rings (SSSR count). The zero-order valence-electron chi connectivity index (χ0n) is 9.64. The first-order valence-electron chi connectivity index (χ1n) is 5.33. The molecular weight excluding hydrogens is 232 g/mol. The van der Waals surface area contributed by atoms with Crippen LogP contribution in [-0.4, -0.2) is 14.8 Å². The molecule has 0 aliphatic carbocycles. The van der Waals surface area contributed by atoms with Gasteiger partial charge in [0.1, 0.15) is 0 Å². The SMILES string of the molecule is Cc1nn(-c2nccc3sccc23)c(C)c1N. The summed E-state index contributed by atoms with van der Waals surface area (Å²) in [6, 6.07) is 4.08. The van der Waals surface area contributed by atoms with E-state index in [0.717, 1.165) is 28.3 Å². The van der Waals surface area contributed by atoms with Crippen LogP contribution in [0.5, 0.6) is 0 Å². The molecule has 3 aromatic rings. The minimum absolute atomic E-state index is 0.735. The number of hydrogen-bond acceptors (Lipinski definition) is 4. The van der Waals surface area contributed by atoms with Crippen LogP contribution in [0.15, 0.2) is 23.7 Å². The molecule has 0 unspecified atom stereocenters. The Hall–Kier alpha value is -1.88. The number of fused-ring (bicyclic) bond motifs is 1. The topological polar surface area (TPSA) is 56.7 Å². The average molecular weight is 244 g/mol. The third-order valence-corrected chi connectivity index (χ3v) is 3.79. The van der Waals surface area contributed by atoms with E-state index in [4.69, 9.17) is 5.73 Å². The van der Waals surface area contributed by atoms with Gasteiger partial charge in [0.2, 0.25) is 0 Å². The van der Waals surface area contributed by atoms with Crippen LogP contribution in [0.4, 0.5) is 5.69 Å². The van der Waals surface area contributed by atoms with Crippen molar-refractivity contribution >= 4 is 27.1 Å². The van der Waals surface area contributed by atoms with Crippen LogP contribution in [0, 0.1) is 13.8 Å². The van der Waals surface area contributed by atoms with Crippen LogP contribution in [0.2, 0.25) is 0 Å². The van der Waals surface area contributed by atoms with Crippen LogP contribution < -0.4 is 5.73 Å². The highest BCUT2D eigenvalue weighted by Gasteiger charge is 2.13. The third kappa shape index (κ3) is 1.43. The Morgan fingerprint density at radius 1 is 1.29 bits per heavy atom. The van der Waals surface area contributed by atoms with Crippen LogP contribution in [-0.2, 0) is 0 Å². The van der Waals surface area contributed by atoms with Gasteiger partial charge in [0.15, 0.2) is 5.82 Å². The third-order valence-electron chi connectivity index (χ3n) is 2.91. The number of hydrogen-bond donors (Lipinski definition) is 1. The van der Waals surface area contributed by atoms with Crippen molar-refractivity contribution in [1.29, 1.82) is 0 Å². The van der Waals surface area contributed by atoms with Crippen molar-refractivity contribution < 1.29 is 0 Å². The quantitative estimate of drug-likeness (QED) is 0.716. The van der Waals surface area contributed by atoms with E-state index in [1.807, 2.05) is 24.6 Å². The molecule has 3 aromatic heterocycles. The van der Waals surface area contributed by atoms with Crippen molar-refractivity contribution in [2.45, 2.75) is 13.8 Å². The fourth-order valence-electron chi connectivity index (χ4n) is 1.91. The summed E-state index contributed by atoms with van der Waals surface area (Å²) in [6.07, 6.45) is 1.81. The number of nitrogens with two attached hydrogens (primary N) is 1. The van der Waals surface area contributed by atoms with Crippen LogP contribution >= 0.6 is 11.3 Å². The fourth-order valence-corrected chi connectivity index (χ4v) is 2.69. The monoisotopic (exact) mass is 244 g/mol. The lowest BCUT2D eigenvalue weighted by Gasteiger charge is -2.04. The van der Waals surface area contributed by atoms with Crippen molar-refractivity contribution in [1.82, 2.24) is 14.8 Å². The van der Waals surface area contributed by atoms with Crippen LogP contribution in [0.1, 0.15) is 11.4 Å². The lowest BCUT2D eigenvalue weighted by atomic mass is 10.3. The number of rotatable bonds is 1. The number of aryl methyl sites for hydroxylation is 1. The molecule has 0 saturated heterocycles. The number of anilines is 1. The summed E-state index contributed by atoms with van der Waals surface area (Å²) in [5, 5.41) is 7.62. The van der Waals surface area contributed by atoms with E-state index in [-0.39, 0.29) is 0 Å². The number of nitrogens with zero attached hydrogens (tertiary/aromatic N) is 3. The molecule has 0 aliphatic rings. The molecule has 0 aromatic carbocycles. The molecule has 0 spiro atoms. The first-order chi connectivity index (χ1) is 8.18. The van der Waals surface area contributed by atoms with Crippen molar-refractivity contribution in [2.75, 3.05) is 5.73 Å². The van der Waals surface area contributed by atoms with Crippen molar-refractivity contribution in [3.8, 4) is 5.82 Å². The second-order valence-corrected chi connectivity index (χ2v) is 4.91. The minimum atomic E-state index is 0.735. The van der Waals surface area contributed by atoms with Crippen LogP contribution in [0.3, 0.4) is 0 Å². The van der Waals surface area contributed by atoms with Crippen molar-refractivity contribution in [3.63, 3.8) is 0 Å². The normalized spacial score (nSPS) is 11.2. The molecule has 0 atom stereocenters. The highest BCUT2D eigenvalue weighted by Crippen LogP contribution is 2.27. The Morgan fingerprint density at radius 3 is 2.82 bits per heavy atom. The maximum absolute atomic E-state index is 5.95. The Balaban J connectivity index is 2.34. The van der Waals surface area contributed by atoms with Gasteiger partial charge in [-0.25, -0.2) is 9.67 Å². The summed E-state index contributed by atoms with van der Waals surface area (Å²) in [7, 11) is 0. The smallest absolute Gasteiger partial charge is 0.162 e. The van der Waals surface area contributed by atoms with Gasteiger partial charge in [-0.1, -0.05) is 0 Å². The molecule has 0 fully saturated rings. The van der Waals surface area contributed by atoms with Crippen LogP contribution in [0.25, 0.3) is 15.9 Å². The predicted molar refractivity (Wildman–Crippen MR) is 70.6 cm³/mol. The first kappa shape index (κ1) is 10.3. The van der Waals surface area contributed by atoms with Gasteiger partial charge in [-0.15, -0.1) is 11.3 Å². The molecule has 0 amide bonds. The molecule has 5 heteroatoms. The number of pyridine rings is 1. The van der Waals surface area contributed by atoms with E-state index >= 15 is 0 Å². The van der Waals surface area contributed by atoms with E-state index < -0.39 is 0 Å². The molecule has 3 heterocycles. The van der Waals surface area contributed by atoms with Gasteiger partial charge in [0.25, 0.3) is 0 Å². The van der Waals surface area contributed by atoms with E-state index in [9.17, 15) is 0 Å². The fraction of sp³-hybridized carbons (Fsp3) is 0.167. The van der Waals surface area contributed by atoms with E-state index in [1.165, 1.54) is 4.70 Å². The maximum Gasteiger partial charge on any atom is 0.162 e. The Morgan fingerprint density at radius 2 is 2.12 bits per heavy atom. The number of nitrogen functional groups attached to an aromatic ring is 1. The highest BCUT2D eigenvalue weighted by molar-refractivity contribution is 7.17. The zero-order chi connectivity index (χ0) is 12.0. The summed E-state index contributed by atoms with van der Waals surface area (Å²) in [5.74, 6) is 0.848. The van der Waals surface area contributed by atoms with E-state index in [2.05, 4.69) is 21.5 Å². The zero-order valence-corrected chi connectivity index (χ0v) is 10.5. The van der Waals surface area contributed by atoms with Gasteiger partial charge in [0.05, 0.1) is 17.1 Å². The van der Waals surface area contributed by atoms with Gasteiger partial charge in [-0.05, 0) is 31.4 Å². The standard InChI is InChI=1S/C12H12N4S/c1-7-11(13)8(2)16(15-7)12-9-4-6-17-10(9)3-5-14-12/h3-6H,13H2,1-2H3. The lowest BCUT2D eigenvalue weighted by Crippen LogP contribution is -2.02. The summed E-state index contributed by atoms with van der Waals surface area (Å²) >= 11 is 1.70. The predicted octanol–water partition coefficient (Wildman–Crippen LogP) is 2.68. The summed E-state index contributed by atoms with van der Waals surface area (Å²) in [5.41, 5.74) is 8.47. The second kappa shape index (κ2) is 3.56. The lowest BCUT2D eigenvalue weighted by molar-refractivity contribution is 0.814. The van der Waals surface area contributed by atoms with Gasteiger partial charge in [-0.3, -0.25) is 0 Å². The Kier molecular flexibility index (Phi) is 2.16. The summed E-state index contributed by atoms with van der Waals surface area (Å²) in [6.45, 7) is 3.87. The van der Waals surface area contributed by atoms with Crippen molar-refractivity contribution in [3.05, 3.63) is 35.1 Å². The molecule has 2 N–H and O–H groups in total. The molecule has 4 nitrogen and oxygen atoms in total. The van der Waals surface area contributed by atoms with Gasteiger partial charge >= 0.3 is 0 Å². The molecule has 86 valence electrons. The van der Waals surface area contributed by atoms with Gasteiger partial charge in [0, 0.05) is 16.3 Å². The maximum atomic E-state index is 5.95. The van der Waals surface area contributed by atoms with Gasteiger partial charge < -0.3 is 5.73 Å². The molecule has 0 saturated carbocycles. The highest BCUT2D eigenvalue weighted by atomic mass is 32.1. The van der Waals surface area contributed by atoms with E-state index in [0.29, 0.717) is 0 Å². The first-order valence-corrected chi connectivity index (χ1v) is 6.20. The summed E-state index contributed by atoms with van der Waals surface area (Å²) < 4.78 is 3.03. The average Bonchev–Trinajstić information content (AvgIpc) is 2.89. The largest absolute Gasteiger partial charge is 0.396 e. The second-order valence-electron chi connectivity index (χ2n) is 3.96. The Bertz CT molecular complexity index is 696. The molecule has 0 radical (unpaired) electrons. The minimum Gasteiger partial charge on any atom is -0.396 e. The summed E-state index contributed by atoms with van der Waals surface area (Å²) in [4.78, 5) is 4.42. The number of thiophene rings is 1. The molecular formula is C12H12N4S. The Labute approximate surface area is 103 Å². The van der Waals surface area contributed by atoms with E-state index in [1.54, 1.807) is 17.5 Å². The molecule has 17 heavy (non-hydrogen) atoms. The van der Waals surface area contributed by atoms with Gasteiger partial charge in [-0.2, -0.15) is 5.10 Å². The molecule has 0 bridgehead atoms. The van der Waals surface area contributed by atoms with Crippen molar-refractivity contribution in [2.24, 2.45) is 0 Å².